The fourth-order valence-electron chi connectivity index (χ4n) is 0.944. The second-order valence-electron chi connectivity index (χ2n) is 3.71. The van der Waals surface area contributed by atoms with Gasteiger partial charge in [-0.1, -0.05) is 0 Å². The molecule has 0 bridgehead atoms. The van der Waals surface area contributed by atoms with E-state index in [-0.39, 0.29) is 5.82 Å². The quantitative estimate of drug-likeness (QED) is 0.572. The van der Waals surface area contributed by atoms with Crippen LogP contribution in [0.2, 0.25) is 20.0 Å². The predicted octanol–water partition coefficient (Wildman–Crippen LogP) is 2.42. The molecule has 0 spiro atoms. The van der Waals surface area contributed by atoms with Crippen molar-refractivity contribution in [2.45, 2.75) is 14.8 Å². The topological polar surface area (TPSA) is 12.9 Å². The molecule has 0 aliphatic heterocycles. The molecular formula is C8H11ClFNSn. The van der Waals surface area contributed by atoms with Gasteiger partial charge < -0.3 is 0 Å². The minimum absolute atomic E-state index is 0.206. The molecule has 0 aliphatic rings. The minimum atomic E-state index is -2.39. The zero-order chi connectivity index (χ0) is 9.35. The molecule has 4 heteroatoms. The van der Waals surface area contributed by atoms with Gasteiger partial charge in [-0.2, -0.15) is 0 Å². The maximum absolute atomic E-state index is 13.2. The van der Waals surface area contributed by atoms with Crippen LogP contribution in [-0.2, 0) is 0 Å². The molecule has 1 rings (SSSR count). The van der Waals surface area contributed by atoms with Gasteiger partial charge in [0.15, 0.2) is 0 Å². The van der Waals surface area contributed by atoms with Crippen molar-refractivity contribution in [3.8, 4) is 0 Å². The van der Waals surface area contributed by atoms with Crippen LogP contribution in [0, 0.1) is 5.82 Å². The number of halogens is 2. The monoisotopic (exact) mass is 295 g/mol. The summed E-state index contributed by atoms with van der Waals surface area (Å²) >= 11 is 3.29. The van der Waals surface area contributed by atoms with Crippen molar-refractivity contribution >= 4 is 33.7 Å². The zero-order valence-electron chi connectivity index (χ0n) is 7.36. The summed E-state index contributed by atoms with van der Waals surface area (Å²) in [6.07, 6.45) is 0. The van der Waals surface area contributed by atoms with Crippen molar-refractivity contribution in [3.05, 3.63) is 23.1 Å². The molecule has 0 saturated heterocycles. The van der Waals surface area contributed by atoms with Gasteiger partial charge in [-0.25, -0.2) is 0 Å². The third-order valence-electron chi connectivity index (χ3n) is 1.52. The van der Waals surface area contributed by atoms with Gasteiger partial charge in [0.1, 0.15) is 0 Å². The van der Waals surface area contributed by atoms with E-state index in [0.29, 0.717) is 8.86 Å². The molecule has 0 unspecified atom stereocenters. The van der Waals surface area contributed by atoms with Gasteiger partial charge in [0.25, 0.3) is 0 Å². The standard InChI is InChI=1S/C5H2ClFN.3CH3.Sn/c6-5-2-1-4(7)3-8-5;;;;/h1-2H;3*1H3;. The second-order valence-corrected chi connectivity index (χ2v) is 18.3. The molecule has 1 heterocycles. The van der Waals surface area contributed by atoms with Crippen LogP contribution in [0.3, 0.4) is 0 Å². The van der Waals surface area contributed by atoms with Gasteiger partial charge in [-0.3, -0.25) is 0 Å². The number of aromatic nitrogens is 1. The molecule has 1 nitrogen and oxygen atoms in total. The first-order chi connectivity index (χ1) is 5.41. The van der Waals surface area contributed by atoms with E-state index in [1.807, 2.05) is 0 Å². The van der Waals surface area contributed by atoms with E-state index in [1.165, 1.54) is 12.1 Å². The van der Waals surface area contributed by atoms with E-state index >= 15 is 0 Å². The van der Waals surface area contributed by atoms with E-state index in [4.69, 9.17) is 11.6 Å². The summed E-state index contributed by atoms with van der Waals surface area (Å²) in [7, 11) is 0. The van der Waals surface area contributed by atoms with Crippen LogP contribution in [0.4, 0.5) is 4.39 Å². The van der Waals surface area contributed by atoms with E-state index < -0.39 is 18.4 Å². The SMILES string of the molecule is [CH3][Sn]([CH3])([CH3])[c]1nc(Cl)ccc1F. The third kappa shape index (κ3) is 2.33. The predicted molar refractivity (Wildman–Crippen MR) is 52.2 cm³/mol. The Balaban J connectivity index is 3.23. The van der Waals surface area contributed by atoms with E-state index in [1.54, 1.807) is 0 Å². The summed E-state index contributed by atoms with van der Waals surface area (Å²) < 4.78 is 13.8. The number of nitrogens with zero attached hydrogens (tertiary/aromatic N) is 1. The fraction of sp³-hybridized carbons (Fsp3) is 0.375. The average Bonchev–Trinajstić information content (AvgIpc) is 1.92. The fourth-order valence-corrected chi connectivity index (χ4v) is 4.88. The average molecular weight is 294 g/mol. The van der Waals surface area contributed by atoms with Gasteiger partial charge in [-0.05, 0) is 0 Å². The molecule has 0 saturated carbocycles. The summed E-state index contributed by atoms with van der Waals surface area (Å²) in [5.41, 5.74) is 0. The zero-order valence-corrected chi connectivity index (χ0v) is 11.0. The van der Waals surface area contributed by atoms with Gasteiger partial charge in [-0.15, -0.1) is 0 Å². The van der Waals surface area contributed by atoms with Crippen molar-refractivity contribution in [2.24, 2.45) is 0 Å². The van der Waals surface area contributed by atoms with E-state index in [9.17, 15) is 4.39 Å². The van der Waals surface area contributed by atoms with Gasteiger partial charge >= 0.3 is 81.0 Å². The first-order valence-corrected chi connectivity index (χ1v) is 14.1. The van der Waals surface area contributed by atoms with Crippen LogP contribution in [0.1, 0.15) is 0 Å². The Morgan fingerprint density at radius 2 is 1.92 bits per heavy atom. The normalized spacial score (nSPS) is 11.8. The van der Waals surface area contributed by atoms with Crippen LogP contribution in [0.25, 0.3) is 0 Å². The van der Waals surface area contributed by atoms with Gasteiger partial charge in [0.2, 0.25) is 0 Å². The summed E-state index contributed by atoms with van der Waals surface area (Å²) in [5.74, 6) is -0.206. The van der Waals surface area contributed by atoms with Crippen LogP contribution >= 0.6 is 11.6 Å². The number of hydrogen-bond donors (Lipinski definition) is 0. The van der Waals surface area contributed by atoms with Gasteiger partial charge in [0, 0.05) is 0 Å². The molecule has 1 aromatic rings. The van der Waals surface area contributed by atoms with Crippen LogP contribution in [-0.4, -0.2) is 23.4 Å². The molecule has 66 valence electrons. The molecule has 0 atom stereocenters. The van der Waals surface area contributed by atoms with Crippen LogP contribution in [0.15, 0.2) is 12.1 Å². The molecule has 0 aromatic carbocycles. The Morgan fingerprint density at radius 3 is 2.33 bits per heavy atom. The summed E-state index contributed by atoms with van der Waals surface area (Å²) in [6, 6.07) is 2.88. The van der Waals surface area contributed by atoms with Crippen molar-refractivity contribution in [1.82, 2.24) is 4.98 Å². The summed E-state index contributed by atoms with van der Waals surface area (Å²) in [5, 5.41) is 0.387. The van der Waals surface area contributed by atoms with E-state index in [2.05, 4.69) is 19.8 Å². The van der Waals surface area contributed by atoms with Crippen LogP contribution < -0.4 is 3.71 Å². The third-order valence-corrected chi connectivity index (χ3v) is 6.79. The first-order valence-electron chi connectivity index (χ1n) is 3.74. The summed E-state index contributed by atoms with van der Waals surface area (Å²) in [4.78, 5) is 10.4. The number of hydrogen-bond acceptors (Lipinski definition) is 1. The molecular weight excluding hydrogens is 283 g/mol. The van der Waals surface area contributed by atoms with Crippen molar-refractivity contribution < 1.29 is 4.39 Å². The molecule has 0 N–H and O–H groups in total. The second kappa shape index (κ2) is 3.50. The number of pyridine rings is 1. The molecule has 0 aliphatic carbocycles. The van der Waals surface area contributed by atoms with Crippen molar-refractivity contribution in [2.75, 3.05) is 0 Å². The Hall–Kier alpha value is 0.169. The maximum atomic E-state index is 13.2. The Labute approximate surface area is 80.8 Å². The molecule has 1 aromatic heterocycles. The van der Waals surface area contributed by atoms with Crippen molar-refractivity contribution in [1.29, 1.82) is 0 Å². The van der Waals surface area contributed by atoms with Gasteiger partial charge in [0.05, 0.1) is 0 Å². The molecule has 0 radical (unpaired) electrons. The van der Waals surface area contributed by atoms with Crippen LogP contribution in [0.5, 0.6) is 0 Å². The Bertz CT molecular complexity index is 296. The first kappa shape index (κ1) is 10.3. The number of rotatable bonds is 1. The molecule has 12 heavy (non-hydrogen) atoms. The molecule has 0 amide bonds. The summed E-state index contributed by atoms with van der Waals surface area (Å²) in [6.45, 7) is 0. The van der Waals surface area contributed by atoms with E-state index in [0.717, 1.165) is 0 Å². The van der Waals surface area contributed by atoms with Crippen molar-refractivity contribution in [3.63, 3.8) is 0 Å². The molecule has 0 fully saturated rings. The Kier molecular flexibility index (Phi) is 2.99. The Morgan fingerprint density at radius 1 is 1.33 bits per heavy atom.